The molecule has 0 bridgehead atoms. The highest BCUT2D eigenvalue weighted by Crippen LogP contribution is 2.53. The summed E-state index contributed by atoms with van der Waals surface area (Å²) in [6.07, 6.45) is 7.44. The van der Waals surface area contributed by atoms with Crippen molar-refractivity contribution in [3.05, 3.63) is 212 Å². The lowest BCUT2D eigenvalue weighted by Crippen LogP contribution is -2.17. The van der Waals surface area contributed by atoms with E-state index in [1.807, 2.05) is 0 Å². The maximum absolute atomic E-state index is 5.56. The summed E-state index contributed by atoms with van der Waals surface area (Å²) in [6.45, 7) is 4.25. The third-order valence-corrected chi connectivity index (χ3v) is 11.9. The summed E-state index contributed by atoms with van der Waals surface area (Å²) in [6, 6.07) is 67.6. The van der Waals surface area contributed by atoms with Gasteiger partial charge in [0, 0.05) is 27.3 Å². The number of benzene rings is 7. The normalized spacial score (nSPS) is 12.5. The molecule has 0 aliphatic carbocycles. The van der Waals surface area contributed by atoms with Crippen LogP contribution in [0, 0.1) is 0 Å². The van der Waals surface area contributed by atoms with Gasteiger partial charge in [0.1, 0.15) is 11.6 Å². The Labute approximate surface area is 356 Å². The van der Waals surface area contributed by atoms with Gasteiger partial charge in [-0.2, -0.15) is 0 Å². The van der Waals surface area contributed by atoms with Gasteiger partial charge >= 0.3 is 0 Å². The van der Waals surface area contributed by atoms with Crippen LogP contribution in [0.25, 0.3) is 88.6 Å². The number of hydrogen-bond donors (Lipinski definition) is 0. The maximum atomic E-state index is 5.56. The zero-order chi connectivity index (χ0) is 40.9. The molecule has 4 heterocycles. The lowest BCUT2D eigenvalue weighted by molar-refractivity contribution is 1.08. The molecule has 10 aromatic rings. The van der Waals surface area contributed by atoms with Gasteiger partial charge in [-0.1, -0.05) is 165 Å². The Morgan fingerprint density at radius 3 is 1.89 bits per heavy atom. The van der Waals surface area contributed by atoms with Crippen LogP contribution in [0.2, 0.25) is 0 Å². The molecule has 0 fully saturated rings. The summed E-state index contributed by atoms with van der Waals surface area (Å²) < 4.78 is 2.36. The van der Waals surface area contributed by atoms with Crippen molar-refractivity contribution in [1.29, 1.82) is 0 Å². The fourth-order valence-electron chi connectivity index (χ4n) is 9.18. The molecule has 0 radical (unpaired) electrons. The highest BCUT2D eigenvalue weighted by Gasteiger charge is 2.30. The molecule has 4 heteroatoms. The zero-order valence-electron chi connectivity index (χ0n) is 34.1. The molecular formula is C57H42N4. The predicted molar refractivity (Wildman–Crippen MR) is 257 cm³/mol. The van der Waals surface area contributed by atoms with Crippen LogP contribution >= 0.6 is 0 Å². The smallest absolute Gasteiger partial charge is 0.138 e. The molecule has 0 saturated heterocycles. The number of fused-ring (bicyclic) bond motifs is 5. The van der Waals surface area contributed by atoms with Crippen molar-refractivity contribution in [2.45, 2.75) is 20.3 Å². The van der Waals surface area contributed by atoms with Crippen LogP contribution in [0.5, 0.6) is 0 Å². The molecule has 1 aliphatic heterocycles. The number of rotatable bonds is 8. The molecule has 1 aliphatic rings. The largest absolute Gasteiger partial charge is 0.294 e. The molecule has 0 atom stereocenters. The molecule has 7 aromatic carbocycles. The van der Waals surface area contributed by atoms with E-state index in [-0.39, 0.29) is 0 Å². The lowest BCUT2D eigenvalue weighted by Gasteiger charge is -2.33. The Morgan fingerprint density at radius 1 is 0.508 bits per heavy atom. The van der Waals surface area contributed by atoms with Crippen molar-refractivity contribution < 1.29 is 0 Å². The molecule has 0 unspecified atom stereocenters. The average Bonchev–Trinajstić information content (AvgIpc) is 3.65. The Kier molecular flexibility index (Phi) is 8.97. The molecule has 0 amide bonds. The standard InChI is InChI=1S/C57H42N4/c1-3-18-40(19-4-2)49-32-43(38-20-8-5-9-21-38)35-56(58-49)61-52-31-17-27-42-26-16-29-46(57(42)52)48-36-47-45-28-14-15-30-51(45)60(53(47)37-54(48)61)55-34-44(39-22-10-6-11-23-39)33-50(59-55)41-24-12-7-13-25-41/h3,5-37H,4H2,1-2H3/b18-3-,40-19+. The van der Waals surface area contributed by atoms with E-state index in [4.69, 9.17) is 9.97 Å². The van der Waals surface area contributed by atoms with Gasteiger partial charge in [-0.15, -0.1) is 0 Å². The first kappa shape index (κ1) is 36.3. The van der Waals surface area contributed by atoms with Crippen LogP contribution in [-0.2, 0) is 0 Å². The summed E-state index contributed by atoms with van der Waals surface area (Å²) in [4.78, 5) is 13.4. The lowest BCUT2D eigenvalue weighted by atomic mass is 9.90. The molecule has 0 spiro atoms. The minimum atomic E-state index is 0.864. The number of anilines is 3. The maximum Gasteiger partial charge on any atom is 0.138 e. The van der Waals surface area contributed by atoms with E-state index in [1.165, 1.54) is 32.7 Å². The predicted octanol–water partition coefficient (Wildman–Crippen LogP) is 15.5. The molecule has 0 N–H and O–H groups in total. The highest BCUT2D eigenvalue weighted by molar-refractivity contribution is 6.19. The van der Waals surface area contributed by atoms with Gasteiger partial charge in [-0.25, -0.2) is 9.97 Å². The molecule has 0 saturated carbocycles. The van der Waals surface area contributed by atoms with Gasteiger partial charge in [-0.05, 0) is 101 Å². The van der Waals surface area contributed by atoms with Gasteiger partial charge in [0.2, 0.25) is 0 Å². The summed E-state index contributed by atoms with van der Waals surface area (Å²) in [5, 5.41) is 4.77. The Bertz CT molecular complexity index is 3280. The van der Waals surface area contributed by atoms with Crippen molar-refractivity contribution in [3.63, 3.8) is 0 Å². The van der Waals surface area contributed by atoms with Gasteiger partial charge in [0.15, 0.2) is 0 Å². The van der Waals surface area contributed by atoms with E-state index in [0.717, 1.165) is 85.2 Å². The van der Waals surface area contributed by atoms with Gasteiger partial charge in [-0.3, -0.25) is 9.47 Å². The third-order valence-electron chi connectivity index (χ3n) is 11.9. The number of para-hydroxylation sites is 1. The fourth-order valence-corrected chi connectivity index (χ4v) is 9.18. The van der Waals surface area contributed by atoms with Crippen molar-refractivity contribution in [1.82, 2.24) is 14.5 Å². The Morgan fingerprint density at radius 2 is 1.16 bits per heavy atom. The van der Waals surface area contributed by atoms with Gasteiger partial charge in [0.05, 0.1) is 33.8 Å². The number of allylic oxidation sites excluding steroid dienone is 4. The number of pyridine rings is 2. The highest BCUT2D eigenvalue weighted by atomic mass is 15.2. The summed E-state index contributed by atoms with van der Waals surface area (Å²) in [7, 11) is 0. The second-order valence-corrected chi connectivity index (χ2v) is 15.6. The van der Waals surface area contributed by atoms with Crippen LogP contribution in [0.15, 0.2) is 206 Å². The first-order valence-corrected chi connectivity index (χ1v) is 21.1. The summed E-state index contributed by atoms with van der Waals surface area (Å²) >= 11 is 0. The van der Waals surface area contributed by atoms with Crippen molar-refractivity contribution in [2.75, 3.05) is 4.90 Å². The van der Waals surface area contributed by atoms with Crippen LogP contribution < -0.4 is 4.90 Å². The van der Waals surface area contributed by atoms with Crippen molar-refractivity contribution in [2.24, 2.45) is 0 Å². The van der Waals surface area contributed by atoms with E-state index in [0.29, 0.717) is 0 Å². The van der Waals surface area contributed by atoms with E-state index in [2.05, 4.69) is 230 Å². The van der Waals surface area contributed by atoms with E-state index in [9.17, 15) is 0 Å². The summed E-state index contributed by atoms with van der Waals surface area (Å²) in [5.41, 5.74) is 15.3. The minimum Gasteiger partial charge on any atom is -0.294 e. The van der Waals surface area contributed by atoms with E-state index < -0.39 is 0 Å². The number of hydrogen-bond acceptors (Lipinski definition) is 3. The average molecular weight is 783 g/mol. The molecule has 61 heavy (non-hydrogen) atoms. The first-order valence-electron chi connectivity index (χ1n) is 21.1. The SMILES string of the molecule is C/C=C\C(=C/CC)c1cc(-c2ccccc2)cc(N2c3cc4c(cc3-c3cccc5cccc2c35)c2ccccc2n4-c2cc(-c3ccccc3)cc(-c3ccccc3)n2)n1. The zero-order valence-corrected chi connectivity index (χ0v) is 34.1. The Hall–Kier alpha value is -7.82. The van der Waals surface area contributed by atoms with E-state index in [1.54, 1.807) is 0 Å². The second kappa shape index (κ2) is 15.1. The first-order chi connectivity index (χ1) is 30.2. The van der Waals surface area contributed by atoms with Crippen LogP contribution in [0.3, 0.4) is 0 Å². The fraction of sp³-hybridized carbons (Fsp3) is 0.0526. The van der Waals surface area contributed by atoms with Crippen molar-refractivity contribution >= 4 is 55.3 Å². The summed E-state index contributed by atoms with van der Waals surface area (Å²) in [5.74, 6) is 1.73. The third kappa shape index (κ3) is 6.23. The van der Waals surface area contributed by atoms with Gasteiger partial charge < -0.3 is 0 Å². The van der Waals surface area contributed by atoms with Crippen molar-refractivity contribution in [3.8, 4) is 50.5 Å². The molecule has 290 valence electrons. The second-order valence-electron chi connectivity index (χ2n) is 15.6. The molecule has 4 nitrogen and oxygen atoms in total. The molecule has 3 aromatic heterocycles. The molecule has 11 rings (SSSR count). The van der Waals surface area contributed by atoms with Crippen LogP contribution in [0.1, 0.15) is 26.0 Å². The number of nitrogens with zero attached hydrogens (tertiary/aromatic N) is 4. The monoisotopic (exact) mass is 782 g/mol. The number of aromatic nitrogens is 3. The van der Waals surface area contributed by atoms with Crippen LogP contribution in [-0.4, -0.2) is 14.5 Å². The topological polar surface area (TPSA) is 34.0 Å². The van der Waals surface area contributed by atoms with Gasteiger partial charge in [0.25, 0.3) is 0 Å². The quantitative estimate of drug-likeness (QED) is 0.144. The Balaban J connectivity index is 1.23. The molecular weight excluding hydrogens is 741 g/mol. The van der Waals surface area contributed by atoms with E-state index >= 15 is 0 Å². The van der Waals surface area contributed by atoms with Crippen LogP contribution in [0.4, 0.5) is 17.2 Å². The minimum absolute atomic E-state index is 0.864.